The van der Waals surface area contributed by atoms with Crippen LogP contribution in [0.15, 0.2) is 60.7 Å². The van der Waals surface area contributed by atoms with Gasteiger partial charge in [-0.2, -0.15) is 0 Å². The molecule has 0 amide bonds. The standard InChI is InChI=1S/C35H42FNO4/c1-23-7-5-8-24(2)37(23)21-28-17-25(11-15-31(28)33-19-29(39-3)14-16-34(33)36)22-41-30-10-6-9-27(18-30)32(26-12-13-26)20-35(38)40-4/h6,9-11,14-19,23-24,26,32H,5,7-8,12-13,20-22H2,1-4H3/t23-,24+,32-/m1/s1. The fraction of sp³-hybridized carbons (Fsp3) is 0.457. The summed E-state index contributed by atoms with van der Waals surface area (Å²) in [6, 6.07) is 20.1. The molecule has 41 heavy (non-hydrogen) atoms. The van der Waals surface area contributed by atoms with Crippen molar-refractivity contribution in [3.63, 3.8) is 0 Å². The van der Waals surface area contributed by atoms with Gasteiger partial charge in [0.2, 0.25) is 0 Å². The van der Waals surface area contributed by atoms with Gasteiger partial charge < -0.3 is 14.2 Å². The van der Waals surface area contributed by atoms with Crippen molar-refractivity contribution >= 4 is 5.97 Å². The van der Waals surface area contributed by atoms with E-state index in [0.717, 1.165) is 47.4 Å². The highest BCUT2D eigenvalue weighted by Crippen LogP contribution is 2.45. The Kier molecular flexibility index (Phi) is 9.29. The lowest BCUT2D eigenvalue weighted by Crippen LogP contribution is -2.43. The van der Waals surface area contributed by atoms with E-state index in [1.807, 2.05) is 24.3 Å². The van der Waals surface area contributed by atoms with Crippen LogP contribution in [0.4, 0.5) is 4.39 Å². The summed E-state index contributed by atoms with van der Waals surface area (Å²) in [5.41, 5.74) is 4.66. The number of carbonyl (C=O) groups excluding carboxylic acids is 1. The maximum atomic E-state index is 15.1. The highest BCUT2D eigenvalue weighted by Gasteiger charge is 2.34. The van der Waals surface area contributed by atoms with Crippen molar-refractivity contribution in [2.24, 2.45) is 5.92 Å². The molecule has 0 radical (unpaired) electrons. The quantitative estimate of drug-likeness (QED) is 0.224. The first-order valence-electron chi connectivity index (χ1n) is 14.9. The van der Waals surface area contributed by atoms with Crippen LogP contribution in [0.25, 0.3) is 11.1 Å². The second-order valence-electron chi connectivity index (χ2n) is 11.7. The Morgan fingerprint density at radius 2 is 1.71 bits per heavy atom. The van der Waals surface area contributed by atoms with Crippen molar-refractivity contribution < 1.29 is 23.4 Å². The van der Waals surface area contributed by atoms with Gasteiger partial charge in [0.15, 0.2) is 0 Å². The maximum Gasteiger partial charge on any atom is 0.306 e. The van der Waals surface area contributed by atoms with Crippen LogP contribution in [0.1, 0.15) is 75.0 Å². The van der Waals surface area contributed by atoms with Crippen molar-refractivity contribution in [2.45, 2.75) is 83.5 Å². The van der Waals surface area contributed by atoms with Gasteiger partial charge in [0.1, 0.15) is 23.9 Å². The second kappa shape index (κ2) is 13.1. The molecule has 6 heteroatoms. The smallest absolute Gasteiger partial charge is 0.306 e. The van der Waals surface area contributed by atoms with Gasteiger partial charge in [-0.05, 0) is 104 Å². The summed E-state index contributed by atoms with van der Waals surface area (Å²) in [6.07, 6.45) is 6.26. The minimum atomic E-state index is -0.259. The van der Waals surface area contributed by atoms with E-state index in [-0.39, 0.29) is 17.7 Å². The predicted molar refractivity (Wildman–Crippen MR) is 160 cm³/mol. The van der Waals surface area contributed by atoms with Gasteiger partial charge in [0.05, 0.1) is 20.6 Å². The Morgan fingerprint density at radius 1 is 0.927 bits per heavy atom. The van der Waals surface area contributed by atoms with E-state index < -0.39 is 0 Å². The van der Waals surface area contributed by atoms with E-state index in [9.17, 15) is 4.79 Å². The molecule has 3 atom stereocenters. The van der Waals surface area contributed by atoms with Gasteiger partial charge in [-0.1, -0.05) is 36.8 Å². The Balaban J connectivity index is 1.40. The van der Waals surface area contributed by atoms with E-state index in [2.05, 4.69) is 36.9 Å². The molecule has 1 heterocycles. The van der Waals surface area contributed by atoms with Crippen LogP contribution in [-0.4, -0.2) is 37.2 Å². The largest absolute Gasteiger partial charge is 0.497 e. The normalized spacial score (nSPS) is 19.9. The first-order chi connectivity index (χ1) is 19.9. The van der Waals surface area contributed by atoms with Gasteiger partial charge in [-0.15, -0.1) is 0 Å². The number of benzene rings is 3. The van der Waals surface area contributed by atoms with Crippen LogP contribution >= 0.6 is 0 Å². The molecule has 218 valence electrons. The summed E-state index contributed by atoms with van der Waals surface area (Å²) in [6.45, 7) is 5.72. The number of piperidine rings is 1. The zero-order chi connectivity index (χ0) is 28.9. The number of nitrogens with zero attached hydrogens (tertiary/aromatic N) is 1. The molecule has 0 spiro atoms. The topological polar surface area (TPSA) is 48.0 Å². The molecule has 1 aliphatic heterocycles. The summed E-state index contributed by atoms with van der Waals surface area (Å²) in [4.78, 5) is 14.6. The molecule has 0 N–H and O–H groups in total. The number of ether oxygens (including phenoxy) is 3. The summed E-state index contributed by atoms with van der Waals surface area (Å²) in [5, 5.41) is 0. The maximum absolute atomic E-state index is 15.1. The van der Waals surface area contributed by atoms with Crippen molar-refractivity contribution in [3.8, 4) is 22.6 Å². The molecule has 5 nitrogen and oxygen atoms in total. The van der Waals surface area contributed by atoms with Gasteiger partial charge in [-0.25, -0.2) is 4.39 Å². The zero-order valence-corrected chi connectivity index (χ0v) is 24.7. The third kappa shape index (κ3) is 7.10. The van der Waals surface area contributed by atoms with Crippen molar-refractivity contribution in [1.82, 2.24) is 4.90 Å². The monoisotopic (exact) mass is 559 g/mol. The van der Waals surface area contributed by atoms with Crippen molar-refractivity contribution in [1.29, 1.82) is 0 Å². The molecule has 1 saturated carbocycles. The fourth-order valence-electron chi connectivity index (χ4n) is 6.27. The van der Waals surface area contributed by atoms with Crippen LogP contribution in [0, 0.1) is 11.7 Å². The van der Waals surface area contributed by atoms with Crippen LogP contribution in [0.3, 0.4) is 0 Å². The number of hydrogen-bond donors (Lipinski definition) is 0. The minimum absolute atomic E-state index is 0.156. The zero-order valence-electron chi connectivity index (χ0n) is 24.7. The molecule has 3 aromatic carbocycles. The molecule has 0 bridgehead atoms. The number of methoxy groups -OCH3 is 2. The van der Waals surface area contributed by atoms with Crippen molar-refractivity contribution in [3.05, 3.63) is 83.2 Å². The number of rotatable bonds is 11. The number of likely N-dealkylation sites (tertiary alicyclic amines) is 1. The van der Waals surface area contributed by atoms with Crippen LogP contribution < -0.4 is 9.47 Å². The summed E-state index contributed by atoms with van der Waals surface area (Å²) in [7, 11) is 3.05. The Morgan fingerprint density at radius 3 is 2.41 bits per heavy atom. The number of esters is 1. The van der Waals surface area contributed by atoms with Gasteiger partial charge in [0, 0.05) is 24.2 Å². The van der Waals surface area contributed by atoms with Crippen LogP contribution in [0.5, 0.6) is 11.5 Å². The lowest BCUT2D eigenvalue weighted by atomic mass is 9.91. The van der Waals surface area contributed by atoms with Gasteiger partial charge in [0.25, 0.3) is 0 Å². The highest BCUT2D eigenvalue weighted by molar-refractivity contribution is 5.71. The Labute approximate surface area is 243 Å². The lowest BCUT2D eigenvalue weighted by molar-refractivity contribution is -0.141. The molecule has 0 unspecified atom stereocenters. The average molecular weight is 560 g/mol. The van der Waals surface area contributed by atoms with E-state index in [1.54, 1.807) is 19.2 Å². The molecule has 1 saturated heterocycles. The van der Waals surface area contributed by atoms with Gasteiger partial charge in [-0.3, -0.25) is 9.69 Å². The number of hydrogen-bond acceptors (Lipinski definition) is 5. The molecular formula is C35H42FNO4. The SMILES string of the molecule is COC(=O)C[C@@H](c1cccc(OCc2ccc(-c3cc(OC)ccc3F)c(CN3[C@H](C)CCC[C@@H]3C)c2)c1)C1CC1. The molecule has 5 rings (SSSR count). The fourth-order valence-corrected chi connectivity index (χ4v) is 6.27. The van der Waals surface area contributed by atoms with Gasteiger partial charge >= 0.3 is 5.97 Å². The summed E-state index contributed by atoms with van der Waals surface area (Å²) >= 11 is 0. The van der Waals surface area contributed by atoms with Crippen LogP contribution in [-0.2, 0) is 22.7 Å². The highest BCUT2D eigenvalue weighted by atomic mass is 19.1. The number of halogens is 1. The first-order valence-corrected chi connectivity index (χ1v) is 14.9. The molecule has 1 aliphatic carbocycles. The van der Waals surface area contributed by atoms with Crippen LogP contribution in [0.2, 0.25) is 0 Å². The summed E-state index contributed by atoms with van der Waals surface area (Å²) in [5.74, 6) is 1.66. The first kappa shape index (κ1) is 29.1. The minimum Gasteiger partial charge on any atom is -0.497 e. The van der Waals surface area contributed by atoms with E-state index in [0.29, 0.717) is 42.3 Å². The molecule has 0 aromatic heterocycles. The Bertz CT molecular complexity index is 1340. The molecular weight excluding hydrogens is 517 g/mol. The predicted octanol–water partition coefficient (Wildman–Crippen LogP) is 7.90. The second-order valence-corrected chi connectivity index (χ2v) is 11.7. The summed E-state index contributed by atoms with van der Waals surface area (Å²) < 4.78 is 31.8. The van der Waals surface area contributed by atoms with E-state index in [4.69, 9.17) is 14.2 Å². The molecule has 2 fully saturated rings. The lowest BCUT2D eigenvalue weighted by Gasteiger charge is -2.39. The molecule has 2 aliphatic rings. The third-order valence-electron chi connectivity index (χ3n) is 8.86. The van der Waals surface area contributed by atoms with Crippen molar-refractivity contribution in [2.75, 3.05) is 14.2 Å². The average Bonchev–Trinajstić information content (AvgIpc) is 3.83. The van der Waals surface area contributed by atoms with E-state index >= 15 is 4.39 Å². The number of carbonyl (C=O) groups is 1. The van der Waals surface area contributed by atoms with E-state index in [1.165, 1.54) is 32.4 Å². The Hall–Kier alpha value is -3.38. The third-order valence-corrected chi connectivity index (χ3v) is 8.86. The molecule has 3 aromatic rings.